The second kappa shape index (κ2) is 5.44. The van der Waals surface area contributed by atoms with E-state index in [4.69, 9.17) is 18.0 Å². The Morgan fingerprint density at radius 1 is 1.46 bits per heavy atom. The van der Waals surface area contributed by atoms with Crippen molar-refractivity contribution >= 4 is 34.9 Å². The van der Waals surface area contributed by atoms with Crippen LogP contribution in [0.4, 0.5) is 0 Å². The van der Waals surface area contributed by atoms with Crippen LogP contribution in [0.2, 0.25) is 0 Å². The summed E-state index contributed by atoms with van der Waals surface area (Å²) in [5.41, 5.74) is 5.32. The zero-order valence-electron chi connectivity index (χ0n) is 7.49. The van der Waals surface area contributed by atoms with Crippen LogP contribution in [0.3, 0.4) is 0 Å². The molecule has 0 aliphatic carbocycles. The Morgan fingerprint density at radius 3 is 2.92 bits per heavy atom. The minimum atomic E-state index is 0.0787. The van der Waals surface area contributed by atoms with E-state index in [2.05, 4.69) is 0 Å². The first-order chi connectivity index (χ1) is 6.20. The predicted molar refractivity (Wildman–Crippen MR) is 59.9 cm³/mol. The van der Waals surface area contributed by atoms with Crippen LogP contribution in [0.5, 0.6) is 0 Å². The maximum atomic E-state index is 11.5. The normalized spacial score (nSPS) is 18.0. The van der Waals surface area contributed by atoms with Crippen LogP contribution in [0, 0.1) is 0 Å². The SMILES string of the molecule is NC(=S)CC(=O)N1CCCSCC1. The molecule has 3 nitrogen and oxygen atoms in total. The van der Waals surface area contributed by atoms with Crippen LogP contribution in [0.1, 0.15) is 12.8 Å². The number of rotatable bonds is 2. The lowest BCUT2D eigenvalue weighted by atomic mass is 10.3. The average Bonchev–Trinajstić information content (AvgIpc) is 2.29. The van der Waals surface area contributed by atoms with Gasteiger partial charge in [-0.15, -0.1) is 0 Å². The molecular weight excluding hydrogens is 204 g/mol. The number of nitrogens with two attached hydrogens (primary N) is 1. The van der Waals surface area contributed by atoms with E-state index in [0.717, 1.165) is 31.0 Å². The fourth-order valence-electron chi connectivity index (χ4n) is 1.26. The lowest BCUT2D eigenvalue weighted by Crippen LogP contribution is -2.35. The summed E-state index contributed by atoms with van der Waals surface area (Å²) in [6, 6.07) is 0. The van der Waals surface area contributed by atoms with Crippen molar-refractivity contribution in [3.8, 4) is 0 Å². The van der Waals surface area contributed by atoms with Gasteiger partial charge in [-0.25, -0.2) is 0 Å². The quantitative estimate of drug-likeness (QED) is 0.691. The number of carbonyl (C=O) groups is 1. The third-order valence-corrected chi connectivity index (χ3v) is 3.09. The molecule has 0 saturated carbocycles. The van der Waals surface area contributed by atoms with E-state index >= 15 is 0 Å². The van der Waals surface area contributed by atoms with Gasteiger partial charge < -0.3 is 10.6 Å². The van der Waals surface area contributed by atoms with Crippen LogP contribution in [-0.4, -0.2) is 40.4 Å². The molecule has 0 aromatic rings. The standard InChI is InChI=1S/C8H14N2OS2/c9-7(12)6-8(11)10-2-1-4-13-5-3-10/h1-6H2,(H2,9,12). The molecule has 1 aliphatic heterocycles. The van der Waals surface area contributed by atoms with E-state index in [9.17, 15) is 4.79 Å². The molecule has 0 radical (unpaired) electrons. The van der Waals surface area contributed by atoms with Gasteiger partial charge in [0.25, 0.3) is 0 Å². The number of thiocarbonyl (C=S) groups is 1. The highest BCUT2D eigenvalue weighted by molar-refractivity contribution is 7.99. The van der Waals surface area contributed by atoms with Crippen LogP contribution in [0.15, 0.2) is 0 Å². The predicted octanol–water partition coefficient (Wildman–Crippen LogP) is 0.628. The number of thioether (sulfide) groups is 1. The second-order valence-electron chi connectivity index (χ2n) is 2.99. The summed E-state index contributed by atoms with van der Waals surface area (Å²) in [5, 5.41) is 0. The maximum absolute atomic E-state index is 11.5. The van der Waals surface area contributed by atoms with Gasteiger partial charge in [-0.2, -0.15) is 11.8 Å². The highest BCUT2D eigenvalue weighted by Gasteiger charge is 2.15. The van der Waals surface area contributed by atoms with Gasteiger partial charge in [0, 0.05) is 18.8 Å². The third kappa shape index (κ3) is 3.95. The topological polar surface area (TPSA) is 46.3 Å². The largest absolute Gasteiger partial charge is 0.393 e. The van der Waals surface area contributed by atoms with E-state index < -0.39 is 0 Å². The van der Waals surface area contributed by atoms with Gasteiger partial charge in [0.05, 0.1) is 11.4 Å². The Kier molecular flexibility index (Phi) is 4.52. The molecule has 1 amide bonds. The van der Waals surface area contributed by atoms with Crippen molar-refractivity contribution in [3.63, 3.8) is 0 Å². The van der Waals surface area contributed by atoms with Gasteiger partial charge in [-0.3, -0.25) is 4.79 Å². The van der Waals surface area contributed by atoms with Gasteiger partial charge >= 0.3 is 0 Å². The van der Waals surface area contributed by atoms with Crippen LogP contribution in [-0.2, 0) is 4.79 Å². The summed E-state index contributed by atoms with van der Waals surface area (Å²) < 4.78 is 0. The highest BCUT2D eigenvalue weighted by atomic mass is 32.2. The van der Waals surface area contributed by atoms with Gasteiger partial charge in [-0.1, -0.05) is 12.2 Å². The zero-order chi connectivity index (χ0) is 9.68. The average molecular weight is 218 g/mol. The van der Waals surface area contributed by atoms with Crippen molar-refractivity contribution in [1.29, 1.82) is 0 Å². The molecule has 1 heterocycles. The summed E-state index contributed by atoms with van der Waals surface area (Å²) in [6.45, 7) is 1.69. The molecule has 2 N–H and O–H groups in total. The first-order valence-electron chi connectivity index (χ1n) is 4.34. The minimum Gasteiger partial charge on any atom is -0.393 e. The molecule has 0 spiro atoms. The summed E-state index contributed by atoms with van der Waals surface area (Å²) in [4.78, 5) is 13.7. The van der Waals surface area contributed by atoms with E-state index in [0.29, 0.717) is 4.99 Å². The number of amides is 1. The molecule has 1 saturated heterocycles. The monoisotopic (exact) mass is 218 g/mol. The van der Waals surface area contributed by atoms with Crippen molar-refractivity contribution in [2.45, 2.75) is 12.8 Å². The van der Waals surface area contributed by atoms with Gasteiger partial charge in [0.2, 0.25) is 5.91 Å². The number of nitrogens with zero attached hydrogens (tertiary/aromatic N) is 1. The summed E-state index contributed by atoms with van der Waals surface area (Å²) in [7, 11) is 0. The summed E-state index contributed by atoms with van der Waals surface area (Å²) >= 11 is 6.60. The van der Waals surface area contributed by atoms with E-state index in [1.54, 1.807) is 0 Å². The van der Waals surface area contributed by atoms with E-state index in [1.807, 2.05) is 16.7 Å². The number of hydrogen-bond donors (Lipinski definition) is 1. The molecular formula is C8H14N2OS2. The van der Waals surface area contributed by atoms with Gasteiger partial charge in [0.15, 0.2) is 0 Å². The second-order valence-corrected chi connectivity index (χ2v) is 4.74. The molecule has 0 unspecified atom stereocenters. The molecule has 74 valence electrons. The van der Waals surface area contributed by atoms with Crippen LogP contribution < -0.4 is 5.73 Å². The first-order valence-corrected chi connectivity index (χ1v) is 5.90. The van der Waals surface area contributed by atoms with Gasteiger partial charge in [0.1, 0.15) is 0 Å². The van der Waals surface area contributed by atoms with E-state index in [-0.39, 0.29) is 12.3 Å². The Morgan fingerprint density at radius 2 is 2.23 bits per heavy atom. The van der Waals surface area contributed by atoms with Crippen molar-refractivity contribution in [3.05, 3.63) is 0 Å². The van der Waals surface area contributed by atoms with Crippen molar-refractivity contribution in [2.75, 3.05) is 24.6 Å². The first kappa shape index (κ1) is 10.8. The Hall–Kier alpha value is -0.290. The molecule has 13 heavy (non-hydrogen) atoms. The van der Waals surface area contributed by atoms with Crippen molar-refractivity contribution < 1.29 is 4.79 Å². The molecule has 1 aliphatic rings. The smallest absolute Gasteiger partial charge is 0.229 e. The minimum absolute atomic E-state index is 0.0787. The maximum Gasteiger partial charge on any atom is 0.229 e. The molecule has 1 rings (SSSR count). The summed E-state index contributed by atoms with van der Waals surface area (Å²) in [5.74, 6) is 2.26. The summed E-state index contributed by atoms with van der Waals surface area (Å²) in [6.07, 6.45) is 1.30. The fraction of sp³-hybridized carbons (Fsp3) is 0.750. The Balaban J connectivity index is 2.39. The number of hydrogen-bond acceptors (Lipinski definition) is 3. The molecule has 0 aromatic heterocycles. The van der Waals surface area contributed by atoms with Crippen LogP contribution >= 0.6 is 24.0 Å². The Bertz CT molecular complexity index is 200. The Labute approximate surface area is 88.0 Å². The number of carbonyl (C=O) groups excluding carboxylic acids is 1. The third-order valence-electron chi connectivity index (χ3n) is 1.90. The molecule has 0 aromatic carbocycles. The molecule has 1 fully saturated rings. The zero-order valence-corrected chi connectivity index (χ0v) is 9.12. The fourth-order valence-corrected chi connectivity index (χ4v) is 2.27. The van der Waals surface area contributed by atoms with Crippen molar-refractivity contribution in [1.82, 2.24) is 4.90 Å². The molecule has 5 heteroatoms. The lowest BCUT2D eigenvalue weighted by Gasteiger charge is -2.19. The van der Waals surface area contributed by atoms with Crippen molar-refractivity contribution in [2.24, 2.45) is 5.73 Å². The highest BCUT2D eigenvalue weighted by Crippen LogP contribution is 2.10. The lowest BCUT2D eigenvalue weighted by molar-refractivity contribution is -0.129. The van der Waals surface area contributed by atoms with Gasteiger partial charge in [-0.05, 0) is 12.2 Å². The van der Waals surface area contributed by atoms with Crippen LogP contribution in [0.25, 0.3) is 0 Å². The van der Waals surface area contributed by atoms with E-state index in [1.165, 1.54) is 0 Å². The molecule has 0 atom stereocenters. The molecule has 0 bridgehead atoms.